The lowest BCUT2D eigenvalue weighted by Crippen LogP contribution is -2.08. The normalized spacial score (nSPS) is 13.4. The Balaban J connectivity index is 2.25. The zero-order chi connectivity index (χ0) is 14.9. The van der Waals surface area contributed by atoms with E-state index in [2.05, 4.69) is 54.4 Å². The third kappa shape index (κ3) is 3.06. The first-order valence-corrected chi connectivity index (χ1v) is 7.81. The highest BCUT2D eigenvalue weighted by molar-refractivity contribution is 7.99. The molecule has 0 fully saturated rings. The fourth-order valence-corrected chi connectivity index (χ4v) is 3.13. The largest absolute Gasteiger partial charge is 0.424 e. The van der Waals surface area contributed by atoms with Crippen LogP contribution in [0.1, 0.15) is 69.3 Å². The summed E-state index contributed by atoms with van der Waals surface area (Å²) in [6.45, 7) is 12.6. The maximum atomic E-state index is 5.49. The van der Waals surface area contributed by atoms with Crippen LogP contribution in [-0.2, 0) is 0 Å². The number of aryl methyl sites for hydroxylation is 1. The van der Waals surface area contributed by atoms with Crippen LogP contribution in [0.4, 0.5) is 0 Å². The summed E-state index contributed by atoms with van der Waals surface area (Å²) in [5, 5.41) is 9.07. The van der Waals surface area contributed by atoms with Gasteiger partial charge in [-0.1, -0.05) is 25.6 Å². The quantitative estimate of drug-likeness (QED) is 0.776. The van der Waals surface area contributed by atoms with Crippen LogP contribution in [0.3, 0.4) is 0 Å². The molecule has 5 nitrogen and oxygen atoms in total. The molecule has 110 valence electrons. The number of aromatic nitrogens is 4. The number of imidazole rings is 1. The highest BCUT2D eigenvalue weighted by Crippen LogP contribution is 2.36. The molecule has 2 aromatic rings. The van der Waals surface area contributed by atoms with Gasteiger partial charge in [0.05, 0.1) is 5.25 Å². The zero-order valence-corrected chi connectivity index (χ0v) is 13.7. The van der Waals surface area contributed by atoms with Crippen molar-refractivity contribution in [2.24, 2.45) is 0 Å². The molecule has 0 N–H and O–H groups in total. The SMILES string of the molecule is Cc1nnc(C(C)Sc2ncc(C(C)C)n2C(C)C)o1. The van der Waals surface area contributed by atoms with Crippen molar-refractivity contribution in [2.75, 3.05) is 0 Å². The van der Waals surface area contributed by atoms with Gasteiger partial charge in [0.25, 0.3) is 0 Å². The summed E-state index contributed by atoms with van der Waals surface area (Å²) < 4.78 is 7.78. The van der Waals surface area contributed by atoms with Gasteiger partial charge in [-0.05, 0) is 26.7 Å². The minimum absolute atomic E-state index is 0.0936. The molecule has 6 heteroatoms. The Bertz CT molecular complexity index is 573. The molecule has 0 aliphatic carbocycles. The number of nitrogens with zero attached hydrogens (tertiary/aromatic N) is 4. The van der Waals surface area contributed by atoms with E-state index in [9.17, 15) is 0 Å². The van der Waals surface area contributed by atoms with Crippen molar-refractivity contribution in [3.8, 4) is 0 Å². The molecule has 0 aliphatic rings. The second-order valence-corrected chi connectivity index (χ2v) is 6.81. The second kappa shape index (κ2) is 5.99. The molecule has 2 heterocycles. The van der Waals surface area contributed by atoms with Gasteiger partial charge in [0.15, 0.2) is 5.16 Å². The molecule has 0 amide bonds. The molecule has 0 aromatic carbocycles. The van der Waals surface area contributed by atoms with Crippen LogP contribution in [0, 0.1) is 6.92 Å². The fourth-order valence-electron chi connectivity index (χ4n) is 2.07. The van der Waals surface area contributed by atoms with Gasteiger partial charge in [-0.25, -0.2) is 4.98 Å². The molecule has 1 atom stereocenters. The van der Waals surface area contributed by atoms with Gasteiger partial charge < -0.3 is 8.98 Å². The van der Waals surface area contributed by atoms with Crippen LogP contribution >= 0.6 is 11.8 Å². The zero-order valence-electron chi connectivity index (χ0n) is 12.9. The summed E-state index contributed by atoms with van der Waals surface area (Å²) in [5.74, 6) is 1.71. The third-order valence-electron chi connectivity index (χ3n) is 3.07. The molecule has 1 unspecified atom stereocenters. The first-order valence-electron chi connectivity index (χ1n) is 6.94. The van der Waals surface area contributed by atoms with E-state index >= 15 is 0 Å². The predicted octanol–water partition coefficient (Wildman–Crippen LogP) is 4.13. The molecule has 0 saturated carbocycles. The van der Waals surface area contributed by atoms with Crippen LogP contribution in [0.15, 0.2) is 15.8 Å². The lowest BCUT2D eigenvalue weighted by molar-refractivity contribution is 0.468. The molecule has 0 saturated heterocycles. The fraction of sp³-hybridized carbons (Fsp3) is 0.643. The highest BCUT2D eigenvalue weighted by atomic mass is 32.2. The van der Waals surface area contributed by atoms with Gasteiger partial charge in [-0.3, -0.25) is 0 Å². The summed E-state index contributed by atoms with van der Waals surface area (Å²) in [6.07, 6.45) is 1.97. The summed E-state index contributed by atoms with van der Waals surface area (Å²) >= 11 is 1.66. The van der Waals surface area contributed by atoms with Gasteiger partial charge in [-0.2, -0.15) is 0 Å². The third-order valence-corrected chi connectivity index (χ3v) is 4.14. The maximum Gasteiger partial charge on any atom is 0.229 e. The van der Waals surface area contributed by atoms with Gasteiger partial charge in [0.1, 0.15) is 0 Å². The van der Waals surface area contributed by atoms with Crippen LogP contribution < -0.4 is 0 Å². The van der Waals surface area contributed by atoms with Crippen molar-refractivity contribution in [1.29, 1.82) is 0 Å². The van der Waals surface area contributed by atoms with Crippen molar-refractivity contribution >= 4 is 11.8 Å². The van der Waals surface area contributed by atoms with E-state index in [1.54, 1.807) is 18.7 Å². The van der Waals surface area contributed by atoms with E-state index < -0.39 is 0 Å². The van der Waals surface area contributed by atoms with Crippen LogP contribution in [-0.4, -0.2) is 19.7 Å². The van der Waals surface area contributed by atoms with Crippen molar-refractivity contribution in [3.63, 3.8) is 0 Å². The Morgan fingerprint density at radius 1 is 1.15 bits per heavy atom. The molecular formula is C14H22N4OS. The predicted molar refractivity (Wildman–Crippen MR) is 80.0 cm³/mol. The second-order valence-electron chi connectivity index (χ2n) is 5.50. The van der Waals surface area contributed by atoms with E-state index in [0.717, 1.165) is 5.16 Å². The van der Waals surface area contributed by atoms with E-state index in [0.29, 0.717) is 23.7 Å². The van der Waals surface area contributed by atoms with Gasteiger partial charge in [0, 0.05) is 24.9 Å². The van der Waals surface area contributed by atoms with Crippen molar-refractivity contribution < 1.29 is 4.42 Å². The first-order chi connectivity index (χ1) is 9.40. The number of hydrogen-bond acceptors (Lipinski definition) is 5. The molecule has 2 rings (SSSR count). The van der Waals surface area contributed by atoms with Crippen LogP contribution in [0.25, 0.3) is 0 Å². The molecule has 20 heavy (non-hydrogen) atoms. The molecular weight excluding hydrogens is 272 g/mol. The lowest BCUT2D eigenvalue weighted by Gasteiger charge is -2.18. The monoisotopic (exact) mass is 294 g/mol. The summed E-state index contributed by atoms with van der Waals surface area (Å²) in [4.78, 5) is 4.57. The Morgan fingerprint density at radius 3 is 2.35 bits per heavy atom. The minimum atomic E-state index is 0.0936. The van der Waals surface area contributed by atoms with Gasteiger partial charge >= 0.3 is 0 Å². The Labute approximate surface area is 124 Å². The maximum absolute atomic E-state index is 5.49. The lowest BCUT2D eigenvalue weighted by atomic mass is 10.1. The van der Waals surface area contributed by atoms with Crippen molar-refractivity contribution in [1.82, 2.24) is 19.7 Å². The number of hydrogen-bond donors (Lipinski definition) is 0. The van der Waals surface area contributed by atoms with E-state index in [1.165, 1.54) is 5.69 Å². The minimum Gasteiger partial charge on any atom is -0.424 e. The Kier molecular flexibility index (Phi) is 4.52. The Hall–Kier alpha value is -1.30. The van der Waals surface area contributed by atoms with E-state index in [1.807, 2.05) is 6.20 Å². The molecule has 0 bridgehead atoms. The average Bonchev–Trinajstić information content (AvgIpc) is 2.95. The molecule has 0 radical (unpaired) electrons. The standard InChI is InChI=1S/C14H22N4OS/c1-8(2)12-7-15-14(18(12)9(3)4)20-10(5)13-17-16-11(6)19-13/h7-10H,1-6H3. The molecule has 2 aromatic heterocycles. The summed E-state index contributed by atoms with van der Waals surface area (Å²) in [6, 6.07) is 0.383. The van der Waals surface area contributed by atoms with Crippen molar-refractivity contribution in [3.05, 3.63) is 23.7 Å². The smallest absolute Gasteiger partial charge is 0.229 e. The Morgan fingerprint density at radius 2 is 1.85 bits per heavy atom. The number of thioether (sulfide) groups is 1. The van der Waals surface area contributed by atoms with E-state index in [-0.39, 0.29) is 5.25 Å². The van der Waals surface area contributed by atoms with Gasteiger partial charge in [-0.15, -0.1) is 10.2 Å². The van der Waals surface area contributed by atoms with E-state index in [4.69, 9.17) is 4.42 Å². The van der Waals surface area contributed by atoms with Gasteiger partial charge in [0.2, 0.25) is 11.8 Å². The summed E-state index contributed by atoms with van der Waals surface area (Å²) in [5.41, 5.74) is 1.26. The highest BCUT2D eigenvalue weighted by Gasteiger charge is 2.21. The van der Waals surface area contributed by atoms with Crippen molar-refractivity contribution in [2.45, 2.75) is 63.9 Å². The van der Waals surface area contributed by atoms with Crippen LogP contribution in [0.2, 0.25) is 0 Å². The molecule has 0 spiro atoms. The number of rotatable bonds is 5. The first kappa shape index (κ1) is 15.1. The van der Waals surface area contributed by atoms with Crippen LogP contribution in [0.5, 0.6) is 0 Å². The average molecular weight is 294 g/mol. The summed E-state index contributed by atoms with van der Waals surface area (Å²) in [7, 11) is 0. The molecule has 0 aliphatic heterocycles. The topological polar surface area (TPSA) is 56.7 Å².